The van der Waals surface area contributed by atoms with Crippen LogP contribution in [0.1, 0.15) is 24.2 Å². The Balaban J connectivity index is 3.49. The van der Waals surface area contributed by atoms with Crippen LogP contribution in [0.2, 0.25) is 5.02 Å². The number of rotatable bonds is 2. The first-order chi connectivity index (χ1) is 7.27. The molecule has 0 fully saturated rings. The average Bonchev–Trinajstić information content (AvgIpc) is 2.14. The van der Waals surface area contributed by atoms with E-state index >= 15 is 0 Å². The Hall–Kier alpha value is -0.940. The van der Waals surface area contributed by atoms with Crippen molar-refractivity contribution in [2.45, 2.75) is 19.2 Å². The predicted molar refractivity (Wildman–Crippen MR) is 53.6 cm³/mol. The monoisotopic (exact) mass is 254 g/mol. The Labute approximate surface area is 95.6 Å². The molecule has 16 heavy (non-hydrogen) atoms. The summed E-state index contributed by atoms with van der Waals surface area (Å²) in [5.41, 5.74) is -0.972. The number of hydrogen-bond donors (Lipinski definition) is 1. The average molecular weight is 255 g/mol. The van der Waals surface area contributed by atoms with Crippen LogP contribution in [0.4, 0.5) is 13.2 Å². The van der Waals surface area contributed by atoms with E-state index in [1.165, 1.54) is 13.0 Å². The van der Waals surface area contributed by atoms with E-state index in [1.807, 2.05) is 0 Å². The summed E-state index contributed by atoms with van der Waals surface area (Å²) in [5.74, 6) is -0.396. The van der Waals surface area contributed by atoms with Gasteiger partial charge in [0.15, 0.2) is 0 Å². The lowest BCUT2D eigenvalue weighted by atomic mass is 10.0. The highest BCUT2D eigenvalue weighted by Crippen LogP contribution is 2.41. The molecule has 1 aromatic carbocycles. The van der Waals surface area contributed by atoms with Crippen molar-refractivity contribution in [3.05, 3.63) is 28.3 Å². The third-order valence-electron chi connectivity index (χ3n) is 2.04. The van der Waals surface area contributed by atoms with E-state index in [-0.39, 0.29) is 10.6 Å². The van der Waals surface area contributed by atoms with Gasteiger partial charge in [0.05, 0.1) is 18.8 Å². The van der Waals surface area contributed by atoms with E-state index < -0.39 is 23.6 Å². The van der Waals surface area contributed by atoms with Crippen LogP contribution >= 0.6 is 11.6 Å². The van der Waals surface area contributed by atoms with Crippen molar-refractivity contribution in [2.75, 3.05) is 7.11 Å². The fourth-order valence-electron chi connectivity index (χ4n) is 1.36. The highest BCUT2D eigenvalue weighted by atomic mass is 35.5. The summed E-state index contributed by atoms with van der Waals surface area (Å²) in [6.07, 6.45) is -5.66. The highest BCUT2D eigenvalue weighted by Gasteiger charge is 2.36. The Morgan fingerprint density at radius 3 is 2.31 bits per heavy atom. The molecule has 90 valence electrons. The van der Waals surface area contributed by atoms with Crippen LogP contribution in [0.5, 0.6) is 5.75 Å². The number of aliphatic hydroxyl groups excluding tert-OH is 1. The maximum absolute atomic E-state index is 12.6. The molecular formula is C10H10ClF3O2. The normalized spacial score (nSPS) is 13.7. The number of methoxy groups -OCH3 is 1. The van der Waals surface area contributed by atoms with Gasteiger partial charge in [0, 0.05) is 10.6 Å². The molecule has 1 atom stereocenters. The van der Waals surface area contributed by atoms with Gasteiger partial charge < -0.3 is 9.84 Å². The molecule has 2 nitrogen and oxygen atoms in total. The molecule has 0 aliphatic heterocycles. The van der Waals surface area contributed by atoms with Gasteiger partial charge in [-0.2, -0.15) is 13.2 Å². The number of halogens is 4. The largest absolute Gasteiger partial charge is 0.496 e. The smallest absolute Gasteiger partial charge is 0.420 e. The number of alkyl halides is 3. The Bertz CT molecular complexity index is 388. The molecule has 1 rings (SSSR count). The molecule has 0 saturated heterocycles. The molecule has 0 aromatic heterocycles. The second-order valence-electron chi connectivity index (χ2n) is 3.25. The van der Waals surface area contributed by atoms with Crippen LogP contribution in [0.25, 0.3) is 0 Å². The summed E-state index contributed by atoms with van der Waals surface area (Å²) in [6, 6.07) is 2.02. The first kappa shape index (κ1) is 13.1. The molecule has 0 heterocycles. The van der Waals surface area contributed by atoms with E-state index in [9.17, 15) is 18.3 Å². The van der Waals surface area contributed by atoms with Crippen LogP contribution in [0.3, 0.4) is 0 Å². The summed E-state index contributed by atoms with van der Waals surface area (Å²) in [5, 5.41) is 9.25. The van der Waals surface area contributed by atoms with Crippen LogP contribution in [-0.2, 0) is 6.18 Å². The van der Waals surface area contributed by atoms with Crippen molar-refractivity contribution in [3.63, 3.8) is 0 Å². The molecule has 0 radical (unpaired) electrons. The zero-order valence-corrected chi connectivity index (χ0v) is 9.36. The molecule has 0 aliphatic rings. The first-order valence-electron chi connectivity index (χ1n) is 4.40. The Kier molecular flexibility index (Phi) is 3.70. The minimum Gasteiger partial charge on any atom is -0.496 e. The van der Waals surface area contributed by atoms with Crippen molar-refractivity contribution in [3.8, 4) is 5.75 Å². The number of benzene rings is 1. The number of aliphatic hydroxyl groups is 1. The number of hydrogen-bond acceptors (Lipinski definition) is 2. The Morgan fingerprint density at radius 1 is 1.38 bits per heavy atom. The van der Waals surface area contributed by atoms with Gasteiger partial charge in [-0.3, -0.25) is 0 Å². The predicted octanol–water partition coefficient (Wildman–Crippen LogP) is 3.42. The van der Waals surface area contributed by atoms with Gasteiger partial charge in [-0.1, -0.05) is 11.6 Å². The molecule has 0 amide bonds. The summed E-state index contributed by atoms with van der Waals surface area (Å²) >= 11 is 5.56. The summed E-state index contributed by atoms with van der Waals surface area (Å²) in [6.45, 7) is 1.34. The minimum atomic E-state index is -4.57. The second kappa shape index (κ2) is 4.51. The maximum Gasteiger partial charge on any atom is 0.420 e. The molecule has 0 spiro atoms. The second-order valence-corrected chi connectivity index (χ2v) is 3.69. The van der Waals surface area contributed by atoms with Crippen molar-refractivity contribution in [1.29, 1.82) is 0 Å². The summed E-state index contributed by atoms with van der Waals surface area (Å²) < 4.78 is 42.6. The molecule has 6 heteroatoms. The van der Waals surface area contributed by atoms with E-state index in [0.29, 0.717) is 0 Å². The third kappa shape index (κ3) is 2.59. The standard InChI is InChI=1S/C10H10ClF3O2/c1-5(15)7-3-6(11)4-8(9(7)16-2)10(12,13)14/h3-5,15H,1-2H3. The van der Waals surface area contributed by atoms with Crippen molar-refractivity contribution in [2.24, 2.45) is 0 Å². The lowest BCUT2D eigenvalue weighted by Crippen LogP contribution is -2.10. The van der Waals surface area contributed by atoms with E-state index in [4.69, 9.17) is 11.6 Å². The molecule has 0 bridgehead atoms. The SMILES string of the molecule is COc1c(C(C)O)cc(Cl)cc1C(F)(F)F. The zero-order valence-electron chi connectivity index (χ0n) is 8.60. The molecule has 0 saturated carbocycles. The van der Waals surface area contributed by atoms with Gasteiger partial charge in [-0.05, 0) is 19.1 Å². The zero-order chi connectivity index (χ0) is 12.5. The molecule has 1 unspecified atom stereocenters. The fourth-order valence-corrected chi connectivity index (χ4v) is 1.59. The molecule has 1 N–H and O–H groups in total. The van der Waals surface area contributed by atoms with E-state index in [2.05, 4.69) is 4.74 Å². The van der Waals surface area contributed by atoms with Crippen LogP contribution in [0, 0.1) is 0 Å². The number of ether oxygens (including phenoxy) is 1. The van der Waals surface area contributed by atoms with Gasteiger partial charge in [-0.25, -0.2) is 0 Å². The third-order valence-corrected chi connectivity index (χ3v) is 2.26. The lowest BCUT2D eigenvalue weighted by Gasteiger charge is -2.17. The molecule has 1 aromatic rings. The topological polar surface area (TPSA) is 29.5 Å². The minimum absolute atomic E-state index is 0.0160. The quantitative estimate of drug-likeness (QED) is 0.876. The van der Waals surface area contributed by atoms with Gasteiger partial charge in [0.2, 0.25) is 0 Å². The molecular weight excluding hydrogens is 245 g/mol. The summed E-state index contributed by atoms with van der Waals surface area (Å²) in [4.78, 5) is 0. The Morgan fingerprint density at radius 2 is 1.94 bits per heavy atom. The van der Waals surface area contributed by atoms with Gasteiger partial charge >= 0.3 is 6.18 Å². The van der Waals surface area contributed by atoms with Crippen LogP contribution in [0.15, 0.2) is 12.1 Å². The van der Waals surface area contributed by atoms with Crippen molar-refractivity contribution >= 4 is 11.6 Å². The summed E-state index contributed by atoms with van der Waals surface area (Å²) in [7, 11) is 1.12. The van der Waals surface area contributed by atoms with Gasteiger partial charge in [0.1, 0.15) is 5.75 Å². The van der Waals surface area contributed by atoms with E-state index in [0.717, 1.165) is 13.2 Å². The van der Waals surface area contributed by atoms with Crippen LogP contribution < -0.4 is 4.74 Å². The maximum atomic E-state index is 12.6. The van der Waals surface area contributed by atoms with Crippen molar-refractivity contribution in [1.82, 2.24) is 0 Å². The lowest BCUT2D eigenvalue weighted by molar-refractivity contribution is -0.138. The van der Waals surface area contributed by atoms with Crippen molar-refractivity contribution < 1.29 is 23.0 Å². The first-order valence-corrected chi connectivity index (χ1v) is 4.78. The molecule has 0 aliphatic carbocycles. The fraction of sp³-hybridized carbons (Fsp3) is 0.400. The van der Waals surface area contributed by atoms with Crippen LogP contribution in [-0.4, -0.2) is 12.2 Å². The van der Waals surface area contributed by atoms with Gasteiger partial charge in [-0.15, -0.1) is 0 Å². The highest BCUT2D eigenvalue weighted by molar-refractivity contribution is 6.30. The van der Waals surface area contributed by atoms with E-state index in [1.54, 1.807) is 0 Å². The van der Waals surface area contributed by atoms with Gasteiger partial charge in [0.25, 0.3) is 0 Å².